The molecule has 0 aliphatic carbocycles. The summed E-state index contributed by atoms with van der Waals surface area (Å²) in [5.74, 6) is 1.90. The van der Waals surface area contributed by atoms with Crippen molar-refractivity contribution in [3.05, 3.63) is 46.8 Å². The molecular formula is C15H19FN4. The van der Waals surface area contributed by atoms with Gasteiger partial charge in [-0.15, -0.1) is 10.2 Å². The van der Waals surface area contributed by atoms with Crippen LogP contribution in [0.25, 0.3) is 0 Å². The van der Waals surface area contributed by atoms with E-state index in [0.29, 0.717) is 12.1 Å². The van der Waals surface area contributed by atoms with Crippen LogP contribution >= 0.6 is 0 Å². The van der Waals surface area contributed by atoms with Crippen molar-refractivity contribution in [2.24, 2.45) is 0 Å². The fraction of sp³-hybridized carbons (Fsp3) is 0.467. The minimum atomic E-state index is -0.152. The molecule has 0 spiro atoms. The molecule has 2 heterocycles. The van der Waals surface area contributed by atoms with E-state index >= 15 is 0 Å². The van der Waals surface area contributed by atoms with Crippen LogP contribution in [-0.4, -0.2) is 14.8 Å². The SMILES string of the molecule is Cc1ccc(CNC(C)c2nnc3n2CCC3)cc1F. The van der Waals surface area contributed by atoms with Crippen LogP contribution in [-0.2, 0) is 19.5 Å². The molecule has 0 bridgehead atoms. The lowest BCUT2D eigenvalue weighted by Gasteiger charge is -2.14. The third kappa shape index (κ3) is 2.45. The summed E-state index contributed by atoms with van der Waals surface area (Å²) < 4.78 is 15.7. The Labute approximate surface area is 118 Å². The standard InChI is InChI=1S/C15H19FN4/c1-10-5-6-12(8-13(10)16)9-17-11(2)15-19-18-14-4-3-7-20(14)15/h5-6,8,11,17H,3-4,7,9H2,1-2H3. The third-order valence-electron chi connectivity index (χ3n) is 3.87. The summed E-state index contributed by atoms with van der Waals surface area (Å²) in [6.45, 7) is 5.47. The van der Waals surface area contributed by atoms with Gasteiger partial charge in [-0.3, -0.25) is 0 Å². The van der Waals surface area contributed by atoms with Gasteiger partial charge in [-0.2, -0.15) is 0 Å². The van der Waals surface area contributed by atoms with Crippen LogP contribution in [0, 0.1) is 12.7 Å². The highest BCUT2D eigenvalue weighted by Crippen LogP contribution is 2.19. The maximum atomic E-state index is 13.5. The smallest absolute Gasteiger partial charge is 0.149 e. The maximum Gasteiger partial charge on any atom is 0.149 e. The predicted octanol–water partition coefficient (Wildman–Crippen LogP) is 2.52. The van der Waals surface area contributed by atoms with Gasteiger partial charge in [-0.25, -0.2) is 4.39 Å². The number of nitrogens with one attached hydrogen (secondary N) is 1. The lowest BCUT2D eigenvalue weighted by Crippen LogP contribution is -2.21. The summed E-state index contributed by atoms with van der Waals surface area (Å²) in [7, 11) is 0. The Kier molecular flexibility index (Phi) is 3.53. The first-order chi connectivity index (χ1) is 9.65. The van der Waals surface area contributed by atoms with Crippen molar-refractivity contribution in [2.75, 3.05) is 0 Å². The van der Waals surface area contributed by atoms with Gasteiger partial charge in [0.15, 0.2) is 0 Å². The Morgan fingerprint density at radius 2 is 2.25 bits per heavy atom. The van der Waals surface area contributed by atoms with E-state index in [1.807, 2.05) is 12.1 Å². The van der Waals surface area contributed by atoms with E-state index in [2.05, 4.69) is 27.0 Å². The molecule has 1 aromatic heterocycles. The number of fused-ring (bicyclic) bond motifs is 1. The topological polar surface area (TPSA) is 42.7 Å². The van der Waals surface area contributed by atoms with Crippen molar-refractivity contribution in [3.8, 4) is 0 Å². The molecule has 0 radical (unpaired) electrons. The first-order valence-corrected chi connectivity index (χ1v) is 7.05. The number of hydrogen-bond donors (Lipinski definition) is 1. The molecule has 0 saturated carbocycles. The second-order valence-corrected chi connectivity index (χ2v) is 5.42. The summed E-state index contributed by atoms with van der Waals surface area (Å²) in [6, 6.07) is 5.46. The van der Waals surface area contributed by atoms with Gasteiger partial charge in [0.1, 0.15) is 17.5 Å². The molecule has 5 heteroatoms. The Morgan fingerprint density at radius 1 is 1.40 bits per heavy atom. The van der Waals surface area contributed by atoms with Gasteiger partial charge in [0.05, 0.1) is 6.04 Å². The van der Waals surface area contributed by atoms with Crippen molar-refractivity contribution < 1.29 is 4.39 Å². The average Bonchev–Trinajstić information content (AvgIpc) is 3.02. The summed E-state index contributed by atoms with van der Waals surface area (Å²) in [5, 5.41) is 11.9. The van der Waals surface area contributed by atoms with Crippen LogP contribution in [0.5, 0.6) is 0 Å². The van der Waals surface area contributed by atoms with Crippen LogP contribution in [0.4, 0.5) is 4.39 Å². The number of aromatic nitrogens is 3. The molecule has 0 fully saturated rings. The minimum Gasteiger partial charge on any atom is -0.314 e. The Balaban J connectivity index is 1.67. The first-order valence-electron chi connectivity index (χ1n) is 7.05. The summed E-state index contributed by atoms with van der Waals surface area (Å²) in [6.07, 6.45) is 2.16. The minimum absolute atomic E-state index is 0.110. The normalized spacial score (nSPS) is 15.3. The van der Waals surface area contributed by atoms with E-state index in [1.54, 1.807) is 13.0 Å². The fourth-order valence-electron chi connectivity index (χ4n) is 2.60. The molecule has 1 unspecified atom stereocenters. The zero-order chi connectivity index (χ0) is 14.1. The molecule has 1 aliphatic rings. The molecule has 1 atom stereocenters. The van der Waals surface area contributed by atoms with Gasteiger partial charge in [0.2, 0.25) is 0 Å². The van der Waals surface area contributed by atoms with Crippen LogP contribution in [0.2, 0.25) is 0 Å². The lowest BCUT2D eigenvalue weighted by atomic mass is 10.1. The maximum absolute atomic E-state index is 13.5. The van der Waals surface area contributed by atoms with Gasteiger partial charge in [0, 0.05) is 19.5 Å². The Morgan fingerprint density at radius 3 is 3.05 bits per heavy atom. The molecule has 4 nitrogen and oxygen atoms in total. The molecule has 0 saturated heterocycles. The summed E-state index contributed by atoms with van der Waals surface area (Å²) in [4.78, 5) is 0. The van der Waals surface area contributed by atoms with E-state index in [0.717, 1.165) is 36.6 Å². The monoisotopic (exact) mass is 274 g/mol. The molecule has 106 valence electrons. The predicted molar refractivity (Wildman–Crippen MR) is 74.7 cm³/mol. The van der Waals surface area contributed by atoms with Gasteiger partial charge < -0.3 is 9.88 Å². The number of aryl methyl sites for hydroxylation is 2. The molecule has 1 aliphatic heterocycles. The highest BCUT2D eigenvalue weighted by Gasteiger charge is 2.20. The zero-order valence-electron chi connectivity index (χ0n) is 11.9. The third-order valence-corrected chi connectivity index (χ3v) is 3.87. The number of benzene rings is 1. The highest BCUT2D eigenvalue weighted by atomic mass is 19.1. The second kappa shape index (κ2) is 5.32. The van der Waals surface area contributed by atoms with Crippen molar-refractivity contribution in [3.63, 3.8) is 0 Å². The Hall–Kier alpha value is -1.75. The second-order valence-electron chi connectivity index (χ2n) is 5.42. The fourth-order valence-corrected chi connectivity index (χ4v) is 2.60. The number of rotatable bonds is 4. The quantitative estimate of drug-likeness (QED) is 0.931. The number of halogens is 1. The van der Waals surface area contributed by atoms with E-state index in [9.17, 15) is 4.39 Å². The van der Waals surface area contributed by atoms with E-state index < -0.39 is 0 Å². The van der Waals surface area contributed by atoms with Crippen molar-refractivity contribution in [2.45, 2.75) is 45.8 Å². The van der Waals surface area contributed by atoms with Crippen LogP contribution < -0.4 is 5.32 Å². The van der Waals surface area contributed by atoms with Gasteiger partial charge in [0.25, 0.3) is 0 Å². The van der Waals surface area contributed by atoms with Crippen LogP contribution in [0.3, 0.4) is 0 Å². The molecule has 3 rings (SSSR count). The van der Waals surface area contributed by atoms with Crippen LogP contribution in [0.1, 0.15) is 42.2 Å². The van der Waals surface area contributed by atoms with Gasteiger partial charge >= 0.3 is 0 Å². The number of nitrogens with zero attached hydrogens (tertiary/aromatic N) is 3. The summed E-state index contributed by atoms with van der Waals surface area (Å²) in [5.41, 5.74) is 1.62. The van der Waals surface area contributed by atoms with Crippen molar-refractivity contribution in [1.29, 1.82) is 0 Å². The van der Waals surface area contributed by atoms with E-state index in [-0.39, 0.29) is 11.9 Å². The van der Waals surface area contributed by atoms with Crippen molar-refractivity contribution in [1.82, 2.24) is 20.1 Å². The summed E-state index contributed by atoms with van der Waals surface area (Å²) >= 11 is 0. The highest BCUT2D eigenvalue weighted by molar-refractivity contribution is 5.23. The first kappa shape index (κ1) is 13.2. The molecule has 1 N–H and O–H groups in total. The van der Waals surface area contributed by atoms with Gasteiger partial charge in [-0.05, 0) is 37.5 Å². The van der Waals surface area contributed by atoms with E-state index in [1.165, 1.54) is 0 Å². The average molecular weight is 274 g/mol. The van der Waals surface area contributed by atoms with Gasteiger partial charge in [-0.1, -0.05) is 12.1 Å². The molecular weight excluding hydrogens is 255 g/mol. The zero-order valence-corrected chi connectivity index (χ0v) is 11.9. The van der Waals surface area contributed by atoms with E-state index in [4.69, 9.17) is 0 Å². The molecule has 20 heavy (non-hydrogen) atoms. The largest absolute Gasteiger partial charge is 0.314 e. The lowest BCUT2D eigenvalue weighted by molar-refractivity contribution is 0.514. The number of hydrogen-bond acceptors (Lipinski definition) is 3. The molecule has 0 amide bonds. The molecule has 2 aromatic rings. The van der Waals surface area contributed by atoms with Crippen molar-refractivity contribution >= 4 is 0 Å². The van der Waals surface area contributed by atoms with Crippen LogP contribution in [0.15, 0.2) is 18.2 Å². The Bertz CT molecular complexity index is 620. The molecule has 1 aromatic carbocycles.